The van der Waals surface area contributed by atoms with E-state index in [2.05, 4.69) is 77.0 Å². The zero-order valence-electron chi connectivity index (χ0n) is 36.4. The van der Waals surface area contributed by atoms with Crippen molar-refractivity contribution in [1.29, 1.82) is 0 Å². The van der Waals surface area contributed by atoms with Crippen LogP contribution in [0.4, 0.5) is 4.39 Å². The van der Waals surface area contributed by atoms with E-state index in [0.29, 0.717) is 35.2 Å². The van der Waals surface area contributed by atoms with Gasteiger partial charge < -0.3 is 27.0 Å². The van der Waals surface area contributed by atoms with Gasteiger partial charge in [-0.3, -0.25) is 0 Å². The average molecular weight is 867 g/mol. The van der Waals surface area contributed by atoms with Crippen molar-refractivity contribution in [3.63, 3.8) is 0 Å². The van der Waals surface area contributed by atoms with Gasteiger partial charge in [0.05, 0.1) is 12.0 Å². The van der Waals surface area contributed by atoms with Gasteiger partial charge in [-0.1, -0.05) is 65.7 Å². The number of hydrogen-bond acceptors (Lipinski definition) is 13. The number of halogens is 1. The van der Waals surface area contributed by atoms with E-state index < -0.39 is 0 Å². The lowest BCUT2D eigenvalue weighted by atomic mass is 10.1. The molecule has 0 aliphatic rings. The van der Waals surface area contributed by atoms with Crippen LogP contribution in [0.25, 0.3) is 44.8 Å². The van der Waals surface area contributed by atoms with Gasteiger partial charge in [-0.05, 0) is 98.5 Å². The minimum atomic E-state index is -0.269. The van der Waals surface area contributed by atoms with Gasteiger partial charge >= 0.3 is 0 Å². The van der Waals surface area contributed by atoms with E-state index in [1.165, 1.54) is 28.3 Å². The van der Waals surface area contributed by atoms with Crippen molar-refractivity contribution >= 4 is 11.3 Å². The third kappa shape index (κ3) is 13.9. The third-order valence-corrected chi connectivity index (χ3v) is 10.6. The van der Waals surface area contributed by atoms with Crippen LogP contribution in [0.1, 0.15) is 121 Å². The van der Waals surface area contributed by atoms with Crippen molar-refractivity contribution in [2.45, 2.75) is 113 Å². The highest BCUT2D eigenvalue weighted by atomic mass is 32.1. The second kappa shape index (κ2) is 24.3. The van der Waals surface area contributed by atoms with Crippen molar-refractivity contribution in [3.05, 3.63) is 125 Å². The standard InChI is InChI=1S/C13H16N2O2.C12H13FN2O.C11H13NO2.C11H13NOS.CH4/c1-4-9(2)13-14-12(15-17-13)10-5-7-11(16-3)8-6-10;1-3-8(2)12-14-11(15-16-12)9-4-6-10(13)7-5-9;2*1-3-4-9-5-6-11(14-9)10-7-13-8(2)12-10;/h5-9H,4H2,1-3H3;4-8H,3H2,1-2H3;2*5-7H,3-4H2,1-2H3;1H4. The minimum absolute atomic E-state index is 0. The zero-order valence-corrected chi connectivity index (χ0v) is 37.2. The molecule has 2 aromatic carbocycles. The molecule has 0 radical (unpaired) electrons. The number of hydrogen-bond donors (Lipinski definition) is 0. The van der Waals surface area contributed by atoms with E-state index in [1.807, 2.05) is 57.2 Å². The summed E-state index contributed by atoms with van der Waals surface area (Å²) in [4.78, 5) is 19.8. The molecule has 0 saturated heterocycles. The van der Waals surface area contributed by atoms with Crippen molar-refractivity contribution in [2.24, 2.45) is 0 Å². The molecule has 14 heteroatoms. The Morgan fingerprint density at radius 1 is 0.645 bits per heavy atom. The van der Waals surface area contributed by atoms with Gasteiger partial charge in [0.15, 0.2) is 17.5 Å². The molecule has 0 saturated carbocycles. The topological polar surface area (TPSA) is 152 Å². The maximum absolute atomic E-state index is 12.7. The van der Waals surface area contributed by atoms with E-state index in [4.69, 9.17) is 27.0 Å². The van der Waals surface area contributed by atoms with E-state index in [1.54, 1.807) is 43.1 Å². The fraction of sp³-hybridized carbons (Fsp3) is 0.375. The molecule has 0 amide bonds. The number of thiophene rings is 1. The SMILES string of the molecule is C.CCC(C)c1nc(-c2ccc(F)cc2)no1.CCC(C)c1nc(-c2ccc(OC)cc2)no1.CCCc1ccc(-c2coc(C)n2)o1.CCCc1ccc(-c2coc(C)n2)s1. The molecule has 0 fully saturated rings. The smallest absolute Gasteiger partial charge is 0.229 e. The van der Waals surface area contributed by atoms with Crippen LogP contribution in [-0.4, -0.2) is 37.4 Å². The Labute approximate surface area is 368 Å². The molecule has 0 aliphatic heterocycles. The minimum Gasteiger partial charge on any atom is -0.497 e. The van der Waals surface area contributed by atoms with E-state index in [9.17, 15) is 4.39 Å². The highest BCUT2D eigenvalue weighted by Gasteiger charge is 2.15. The van der Waals surface area contributed by atoms with Crippen LogP contribution < -0.4 is 4.74 Å². The molecule has 2 atom stereocenters. The predicted molar refractivity (Wildman–Crippen MR) is 242 cm³/mol. The Kier molecular flexibility index (Phi) is 19.0. The van der Waals surface area contributed by atoms with Gasteiger partial charge in [-0.15, -0.1) is 11.3 Å². The number of benzene rings is 2. The monoisotopic (exact) mass is 866 g/mol. The third-order valence-electron chi connectivity index (χ3n) is 9.46. The molecule has 12 nitrogen and oxygen atoms in total. The summed E-state index contributed by atoms with van der Waals surface area (Å²) in [7, 11) is 1.64. The number of nitrogens with zero attached hydrogens (tertiary/aromatic N) is 6. The number of aryl methyl sites for hydroxylation is 4. The Balaban J connectivity index is 0.000000181. The lowest BCUT2D eigenvalue weighted by Crippen LogP contribution is -1.91. The Hall–Kier alpha value is -6.15. The van der Waals surface area contributed by atoms with Gasteiger partial charge in [0, 0.05) is 48.1 Å². The molecule has 6 aromatic heterocycles. The zero-order chi connectivity index (χ0) is 43.7. The molecule has 2 unspecified atom stereocenters. The number of oxazole rings is 2. The van der Waals surface area contributed by atoms with Crippen molar-refractivity contribution in [3.8, 4) is 50.6 Å². The lowest BCUT2D eigenvalue weighted by molar-refractivity contribution is 0.357. The summed E-state index contributed by atoms with van der Waals surface area (Å²) < 4.78 is 44.1. The summed E-state index contributed by atoms with van der Waals surface area (Å²) in [6.07, 6.45) is 9.68. The van der Waals surface area contributed by atoms with E-state index in [0.717, 1.165) is 77.8 Å². The van der Waals surface area contributed by atoms with Crippen LogP contribution >= 0.6 is 11.3 Å². The first-order valence-corrected chi connectivity index (χ1v) is 21.4. The average Bonchev–Trinajstić information content (AvgIpc) is 4.14. The quantitative estimate of drug-likeness (QED) is 0.108. The highest BCUT2D eigenvalue weighted by molar-refractivity contribution is 7.15. The van der Waals surface area contributed by atoms with Crippen LogP contribution in [0.15, 0.2) is 108 Å². The highest BCUT2D eigenvalue weighted by Crippen LogP contribution is 2.28. The molecule has 330 valence electrons. The maximum atomic E-state index is 12.7. The van der Waals surface area contributed by atoms with Gasteiger partial charge in [0.2, 0.25) is 23.4 Å². The van der Waals surface area contributed by atoms with Crippen LogP contribution in [0, 0.1) is 19.7 Å². The largest absolute Gasteiger partial charge is 0.497 e. The fourth-order valence-electron chi connectivity index (χ4n) is 5.54. The van der Waals surface area contributed by atoms with Crippen molar-refractivity contribution < 1.29 is 31.4 Å². The van der Waals surface area contributed by atoms with Crippen molar-refractivity contribution in [2.75, 3.05) is 7.11 Å². The van der Waals surface area contributed by atoms with Gasteiger partial charge in [0.1, 0.15) is 41.2 Å². The predicted octanol–water partition coefficient (Wildman–Crippen LogP) is 14.1. The molecular formula is C48H59FN6O6S. The summed E-state index contributed by atoms with van der Waals surface area (Å²) in [5.74, 6) is 6.73. The maximum Gasteiger partial charge on any atom is 0.229 e. The number of aromatic nitrogens is 6. The lowest BCUT2D eigenvalue weighted by Gasteiger charge is -2.00. The molecule has 0 N–H and O–H groups in total. The van der Waals surface area contributed by atoms with E-state index in [-0.39, 0.29) is 19.2 Å². The Morgan fingerprint density at radius 2 is 1.18 bits per heavy atom. The molecule has 0 bridgehead atoms. The number of methoxy groups -OCH3 is 1. The van der Waals surface area contributed by atoms with Crippen molar-refractivity contribution in [1.82, 2.24) is 30.2 Å². The summed E-state index contributed by atoms with van der Waals surface area (Å²) in [6, 6.07) is 21.9. The molecular weight excluding hydrogens is 808 g/mol. The first-order valence-electron chi connectivity index (χ1n) is 20.6. The Bertz CT molecular complexity index is 2380. The summed E-state index contributed by atoms with van der Waals surface area (Å²) >= 11 is 1.80. The fourth-order valence-corrected chi connectivity index (χ4v) is 6.60. The molecule has 6 heterocycles. The first kappa shape index (κ1) is 48.5. The first-order chi connectivity index (χ1) is 29.5. The summed E-state index contributed by atoms with van der Waals surface area (Å²) in [5, 5.41) is 7.86. The van der Waals surface area contributed by atoms with Crippen LogP contribution in [0.5, 0.6) is 5.75 Å². The second-order valence-electron chi connectivity index (χ2n) is 14.3. The van der Waals surface area contributed by atoms with Crippen LogP contribution in [-0.2, 0) is 12.8 Å². The molecule has 0 aliphatic carbocycles. The number of rotatable bonds is 13. The molecule has 0 spiro atoms. The van der Waals surface area contributed by atoms with Crippen LogP contribution in [0.2, 0.25) is 0 Å². The molecule has 8 rings (SSSR count). The number of ether oxygens (including phenoxy) is 1. The van der Waals surface area contributed by atoms with Crippen LogP contribution in [0.3, 0.4) is 0 Å². The van der Waals surface area contributed by atoms with Gasteiger partial charge in [-0.25, -0.2) is 14.4 Å². The second-order valence-corrected chi connectivity index (χ2v) is 15.5. The van der Waals surface area contributed by atoms with E-state index >= 15 is 0 Å². The van der Waals surface area contributed by atoms with Gasteiger partial charge in [-0.2, -0.15) is 9.97 Å². The molecule has 8 aromatic rings. The Morgan fingerprint density at radius 3 is 1.66 bits per heavy atom. The summed E-state index contributed by atoms with van der Waals surface area (Å²) in [6.45, 7) is 16.3. The molecule has 62 heavy (non-hydrogen) atoms. The van der Waals surface area contributed by atoms with Gasteiger partial charge in [0.25, 0.3) is 0 Å². The summed E-state index contributed by atoms with van der Waals surface area (Å²) in [5.41, 5.74) is 3.42. The normalized spacial score (nSPS) is 11.5. The number of furan rings is 1.